The Morgan fingerprint density at radius 2 is 2.17 bits per heavy atom. The second-order valence-corrected chi connectivity index (χ2v) is 4.08. The fourth-order valence-corrected chi connectivity index (χ4v) is 1.86. The normalized spacial score (nSPS) is 10.5. The summed E-state index contributed by atoms with van der Waals surface area (Å²) in [6.45, 7) is 2.45. The summed E-state index contributed by atoms with van der Waals surface area (Å²) in [5, 5.41) is 17.5. The van der Waals surface area contributed by atoms with E-state index in [0.717, 1.165) is 30.4 Å². The van der Waals surface area contributed by atoms with Crippen LogP contribution in [0, 0.1) is 0 Å². The van der Waals surface area contributed by atoms with E-state index in [1.165, 1.54) is 0 Å². The molecule has 0 aliphatic rings. The van der Waals surface area contributed by atoms with E-state index in [2.05, 4.69) is 10.3 Å². The van der Waals surface area contributed by atoms with Crippen LogP contribution in [0.5, 0.6) is 5.75 Å². The zero-order valence-corrected chi connectivity index (χ0v) is 10.2. The lowest BCUT2D eigenvalue weighted by atomic mass is 10.2. The van der Waals surface area contributed by atoms with Gasteiger partial charge in [-0.15, -0.1) is 5.10 Å². The van der Waals surface area contributed by atoms with Crippen molar-refractivity contribution in [3.05, 3.63) is 41.2 Å². The van der Waals surface area contributed by atoms with Crippen molar-refractivity contribution in [3.8, 4) is 5.75 Å². The summed E-state index contributed by atoms with van der Waals surface area (Å²) in [5.74, 6) is 0.225. The number of benzene rings is 1. The van der Waals surface area contributed by atoms with E-state index in [4.69, 9.17) is 0 Å². The molecule has 1 N–H and O–H groups in total. The topological polar surface area (TPSA) is 68.0 Å². The Bertz CT molecular complexity index is 549. The summed E-state index contributed by atoms with van der Waals surface area (Å²) in [4.78, 5) is 10.9. The third-order valence-electron chi connectivity index (χ3n) is 2.78. The molecule has 0 aliphatic carbocycles. The molecule has 0 aliphatic heterocycles. The average molecular weight is 245 g/mol. The van der Waals surface area contributed by atoms with Crippen molar-refractivity contribution in [1.29, 1.82) is 0 Å². The number of hydrogen-bond acceptors (Lipinski definition) is 4. The predicted molar refractivity (Wildman–Crippen MR) is 66.6 cm³/mol. The smallest absolute Gasteiger partial charge is 0.172 e. The highest BCUT2D eigenvalue weighted by Crippen LogP contribution is 2.18. The van der Waals surface area contributed by atoms with Gasteiger partial charge in [0.25, 0.3) is 0 Å². The van der Waals surface area contributed by atoms with E-state index in [9.17, 15) is 9.90 Å². The highest BCUT2D eigenvalue weighted by molar-refractivity contribution is 5.73. The van der Waals surface area contributed by atoms with Crippen LogP contribution in [0.4, 0.5) is 0 Å². The monoisotopic (exact) mass is 245 g/mol. The van der Waals surface area contributed by atoms with Crippen molar-refractivity contribution in [2.45, 2.75) is 26.3 Å². The lowest BCUT2D eigenvalue weighted by Crippen LogP contribution is -2.07. The van der Waals surface area contributed by atoms with Crippen molar-refractivity contribution in [2.75, 3.05) is 0 Å². The molecule has 5 nitrogen and oxygen atoms in total. The number of carbonyl (C=O) groups excluding carboxylic acids is 1. The number of aldehydes is 1. The van der Waals surface area contributed by atoms with Crippen molar-refractivity contribution >= 4 is 6.29 Å². The summed E-state index contributed by atoms with van der Waals surface area (Å²) in [6.07, 6.45) is 2.38. The number of phenolic OH excluding ortho intramolecular Hbond substituents is 1. The second kappa shape index (κ2) is 5.44. The van der Waals surface area contributed by atoms with Gasteiger partial charge in [-0.1, -0.05) is 36.8 Å². The number of rotatable bonds is 5. The maximum atomic E-state index is 10.9. The molecule has 2 aromatic rings. The van der Waals surface area contributed by atoms with E-state index in [1.54, 1.807) is 16.8 Å². The fourth-order valence-electron chi connectivity index (χ4n) is 1.86. The molecule has 1 heterocycles. The van der Waals surface area contributed by atoms with Crippen molar-refractivity contribution in [3.63, 3.8) is 0 Å². The largest absolute Gasteiger partial charge is 0.508 e. The third kappa shape index (κ3) is 2.40. The molecule has 18 heavy (non-hydrogen) atoms. The Morgan fingerprint density at radius 3 is 2.83 bits per heavy atom. The molecule has 0 fully saturated rings. The first-order valence-electron chi connectivity index (χ1n) is 5.90. The van der Waals surface area contributed by atoms with Crippen molar-refractivity contribution in [2.24, 2.45) is 0 Å². The van der Waals surface area contributed by atoms with Gasteiger partial charge in [0.1, 0.15) is 11.4 Å². The molecule has 0 unspecified atom stereocenters. The summed E-state index contributed by atoms with van der Waals surface area (Å²) < 4.78 is 1.67. The van der Waals surface area contributed by atoms with Gasteiger partial charge in [0.05, 0.1) is 12.2 Å². The van der Waals surface area contributed by atoms with Gasteiger partial charge < -0.3 is 5.11 Å². The lowest BCUT2D eigenvalue weighted by Gasteiger charge is -2.07. The molecule has 0 spiro atoms. The van der Waals surface area contributed by atoms with Crippen LogP contribution in [-0.2, 0) is 13.0 Å². The Kier molecular flexibility index (Phi) is 3.72. The fraction of sp³-hybridized carbons (Fsp3) is 0.308. The van der Waals surface area contributed by atoms with Gasteiger partial charge in [-0.25, -0.2) is 4.68 Å². The summed E-state index contributed by atoms with van der Waals surface area (Å²) >= 11 is 0. The SMILES string of the molecule is CCCc1c(C=O)nnn1Cc1ccccc1O. The number of para-hydroxylation sites is 1. The summed E-state index contributed by atoms with van der Waals surface area (Å²) in [7, 11) is 0. The Morgan fingerprint density at radius 1 is 1.39 bits per heavy atom. The Labute approximate surface area is 105 Å². The molecule has 0 bridgehead atoms. The molecular weight excluding hydrogens is 230 g/mol. The number of aromatic nitrogens is 3. The zero-order valence-electron chi connectivity index (χ0n) is 10.2. The van der Waals surface area contributed by atoms with Crippen LogP contribution < -0.4 is 0 Å². The number of hydrogen-bond donors (Lipinski definition) is 1. The molecule has 0 saturated carbocycles. The van der Waals surface area contributed by atoms with Gasteiger partial charge in [-0.2, -0.15) is 0 Å². The van der Waals surface area contributed by atoms with Crippen LogP contribution >= 0.6 is 0 Å². The highest BCUT2D eigenvalue weighted by Gasteiger charge is 2.12. The first kappa shape index (κ1) is 12.3. The summed E-state index contributed by atoms with van der Waals surface area (Å²) in [5.41, 5.74) is 1.96. The van der Waals surface area contributed by atoms with Crippen LogP contribution in [0.3, 0.4) is 0 Å². The molecule has 5 heteroatoms. The number of aromatic hydroxyl groups is 1. The van der Waals surface area contributed by atoms with Gasteiger partial charge in [0.2, 0.25) is 0 Å². The maximum Gasteiger partial charge on any atom is 0.172 e. The average Bonchev–Trinajstić information content (AvgIpc) is 2.75. The van der Waals surface area contributed by atoms with Crippen LogP contribution in [-0.4, -0.2) is 26.4 Å². The van der Waals surface area contributed by atoms with E-state index < -0.39 is 0 Å². The standard InChI is InChI=1S/C13H15N3O2/c1-2-5-12-11(9-17)14-15-16(12)8-10-6-3-4-7-13(10)18/h3-4,6-7,9,18H,2,5,8H2,1H3. The maximum absolute atomic E-state index is 10.9. The number of nitrogens with zero attached hydrogens (tertiary/aromatic N) is 3. The van der Waals surface area contributed by atoms with E-state index in [0.29, 0.717) is 12.2 Å². The number of carbonyl (C=O) groups is 1. The van der Waals surface area contributed by atoms with Gasteiger partial charge in [0, 0.05) is 5.56 Å². The molecule has 1 aromatic carbocycles. The highest BCUT2D eigenvalue weighted by atomic mass is 16.3. The molecule has 0 saturated heterocycles. The van der Waals surface area contributed by atoms with Crippen LogP contribution in [0.2, 0.25) is 0 Å². The minimum absolute atomic E-state index is 0.225. The van der Waals surface area contributed by atoms with E-state index >= 15 is 0 Å². The minimum Gasteiger partial charge on any atom is -0.508 e. The molecule has 1 aromatic heterocycles. The van der Waals surface area contributed by atoms with Gasteiger partial charge in [-0.05, 0) is 12.5 Å². The second-order valence-electron chi connectivity index (χ2n) is 4.08. The van der Waals surface area contributed by atoms with E-state index in [1.807, 2.05) is 19.1 Å². The third-order valence-corrected chi connectivity index (χ3v) is 2.78. The molecule has 0 radical (unpaired) electrons. The van der Waals surface area contributed by atoms with Crippen molar-refractivity contribution in [1.82, 2.24) is 15.0 Å². The van der Waals surface area contributed by atoms with Crippen molar-refractivity contribution < 1.29 is 9.90 Å². The molecule has 0 amide bonds. The zero-order chi connectivity index (χ0) is 13.0. The first-order chi connectivity index (χ1) is 8.76. The molecule has 0 atom stereocenters. The lowest BCUT2D eigenvalue weighted by molar-refractivity contribution is 0.111. The van der Waals surface area contributed by atoms with E-state index in [-0.39, 0.29) is 5.75 Å². The first-order valence-corrected chi connectivity index (χ1v) is 5.90. The van der Waals surface area contributed by atoms with Crippen LogP contribution in [0.15, 0.2) is 24.3 Å². The molecule has 2 rings (SSSR count). The van der Waals surface area contributed by atoms with Gasteiger partial charge in [0.15, 0.2) is 6.29 Å². The van der Waals surface area contributed by atoms with Gasteiger partial charge >= 0.3 is 0 Å². The van der Waals surface area contributed by atoms with Gasteiger partial charge in [-0.3, -0.25) is 4.79 Å². The molecule has 94 valence electrons. The Hall–Kier alpha value is -2.17. The molecular formula is C13H15N3O2. The van der Waals surface area contributed by atoms with Crippen LogP contribution in [0.25, 0.3) is 0 Å². The minimum atomic E-state index is 0.225. The predicted octanol–water partition coefficient (Wildman–Crippen LogP) is 1.80. The Balaban J connectivity index is 2.31. The summed E-state index contributed by atoms with van der Waals surface area (Å²) in [6, 6.07) is 7.08. The quantitative estimate of drug-likeness (QED) is 0.815. The number of phenols is 1. The van der Waals surface area contributed by atoms with Crippen LogP contribution in [0.1, 0.15) is 35.1 Å².